The van der Waals surface area contributed by atoms with Gasteiger partial charge in [-0.15, -0.1) is 0 Å². The zero-order chi connectivity index (χ0) is 14.1. The van der Waals surface area contributed by atoms with E-state index < -0.39 is 11.9 Å². The van der Waals surface area contributed by atoms with Crippen LogP contribution < -0.4 is 0 Å². The molecule has 1 rings (SSSR count). The van der Waals surface area contributed by atoms with Crippen LogP contribution in [-0.2, 0) is 14.3 Å². The minimum Gasteiger partial charge on any atom is -0.462 e. The molecular weight excluding hydrogens is 268 g/mol. The number of hydrogen-bond acceptors (Lipinski definition) is 4. The molecule has 0 unspecified atom stereocenters. The number of esters is 2. The smallest absolute Gasteiger partial charge is 0.342 e. The summed E-state index contributed by atoms with van der Waals surface area (Å²) in [5, 5.41) is 0.442. The number of carbonyl (C=O) groups excluding carboxylic acids is 2. The molecule has 0 saturated carbocycles. The van der Waals surface area contributed by atoms with E-state index in [1.54, 1.807) is 18.2 Å². The lowest BCUT2D eigenvalue weighted by atomic mass is 10.2. The van der Waals surface area contributed by atoms with Crippen LogP contribution in [0, 0.1) is 0 Å². The van der Waals surface area contributed by atoms with Crippen molar-refractivity contribution < 1.29 is 19.1 Å². The van der Waals surface area contributed by atoms with Gasteiger partial charge < -0.3 is 9.47 Å². The molecule has 19 heavy (non-hydrogen) atoms. The molecule has 5 heteroatoms. The first-order valence-electron chi connectivity index (χ1n) is 5.93. The summed E-state index contributed by atoms with van der Waals surface area (Å²) in [5.41, 5.74) is 0.316. The summed E-state index contributed by atoms with van der Waals surface area (Å²) in [5.74, 6) is -1.12. The molecule has 0 atom stereocenters. The van der Waals surface area contributed by atoms with Gasteiger partial charge in [0, 0.05) is 5.02 Å². The van der Waals surface area contributed by atoms with Crippen molar-refractivity contribution >= 4 is 23.5 Å². The fourth-order valence-corrected chi connectivity index (χ4v) is 1.39. The molecule has 0 aliphatic rings. The molecule has 102 valence electrons. The average Bonchev–Trinajstić information content (AvgIpc) is 2.39. The molecule has 0 aliphatic carbocycles. The predicted octanol–water partition coefficient (Wildman–Crippen LogP) is 3.35. The monoisotopic (exact) mass is 282 g/mol. The third-order valence-electron chi connectivity index (χ3n) is 2.18. The van der Waals surface area contributed by atoms with Gasteiger partial charge in [0.05, 0.1) is 18.2 Å². The number of halogens is 1. The molecular formula is C14H15ClO4. The third kappa shape index (κ3) is 6.06. The van der Waals surface area contributed by atoms with Crippen LogP contribution in [0.1, 0.15) is 30.1 Å². The maximum Gasteiger partial charge on any atom is 0.342 e. The van der Waals surface area contributed by atoms with E-state index in [9.17, 15) is 9.59 Å². The first-order valence-corrected chi connectivity index (χ1v) is 6.31. The van der Waals surface area contributed by atoms with Gasteiger partial charge in [0.2, 0.25) is 0 Å². The van der Waals surface area contributed by atoms with Crippen LogP contribution in [0.2, 0.25) is 5.02 Å². The van der Waals surface area contributed by atoms with Gasteiger partial charge in [0.25, 0.3) is 0 Å². The van der Waals surface area contributed by atoms with Crippen LogP contribution >= 0.6 is 11.6 Å². The Morgan fingerprint density at radius 2 is 2.16 bits per heavy atom. The molecule has 0 amide bonds. The molecule has 0 radical (unpaired) electrons. The number of carbonyl (C=O) groups is 2. The lowest BCUT2D eigenvalue weighted by Gasteiger charge is -2.00. The Hall–Kier alpha value is -1.81. The molecule has 0 aromatic heterocycles. The summed E-state index contributed by atoms with van der Waals surface area (Å²) in [7, 11) is 0. The topological polar surface area (TPSA) is 52.6 Å². The van der Waals surface area contributed by atoms with Gasteiger partial charge in [-0.05, 0) is 24.6 Å². The standard InChI is InChI=1S/C14H15ClO4/c1-2-3-8-18-13(16)7-9-19-14(17)11-5-4-6-12(15)10-11/h4-7,9-10H,2-3,8H2,1H3/b9-7+. The number of ether oxygens (including phenoxy) is 2. The Bertz CT molecular complexity index is 468. The minimum absolute atomic E-state index is 0.316. The molecule has 0 fully saturated rings. The molecule has 0 N–H and O–H groups in total. The van der Waals surface area contributed by atoms with E-state index in [1.165, 1.54) is 6.07 Å². The molecule has 0 bridgehead atoms. The van der Waals surface area contributed by atoms with Crippen molar-refractivity contribution in [3.8, 4) is 0 Å². The number of hydrogen-bond donors (Lipinski definition) is 0. The minimum atomic E-state index is -0.583. The zero-order valence-electron chi connectivity index (χ0n) is 10.6. The van der Waals surface area contributed by atoms with Gasteiger partial charge in [0.15, 0.2) is 0 Å². The van der Waals surface area contributed by atoms with Gasteiger partial charge in [-0.1, -0.05) is 31.0 Å². The van der Waals surface area contributed by atoms with E-state index in [-0.39, 0.29) is 0 Å². The van der Waals surface area contributed by atoms with Crippen LogP contribution in [0.4, 0.5) is 0 Å². The zero-order valence-corrected chi connectivity index (χ0v) is 11.4. The fourth-order valence-electron chi connectivity index (χ4n) is 1.20. The summed E-state index contributed by atoms with van der Waals surface area (Å²) in [6.07, 6.45) is 3.83. The SMILES string of the molecule is CCCCOC(=O)/C=C/OC(=O)c1cccc(Cl)c1. The largest absolute Gasteiger partial charge is 0.462 e. The first kappa shape index (κ1) is 15.2. The van der Waals surface area contributed by atoms with Crippen molar-refractivity contribution in [2.75, 3.05) is 6.61 Å². The van der Waals surface area contributed by atoms with Crippen molar-refractivity contribution in [1.29, 1.82) is 0 Å². The second-order valence-electron chi connectivity index (χ2n) is 3.74. The molecule has 0 heterocycles. The highest BCUT2D eigenvalue weighted by Crippen LogP contribution is 2.11. The van der Waals surface area contributed by atoms with E-state index in [2.05, 4.69) is 0 Å². The Morgan fingerprint density at radius 3 is 2.84 bits per heavy atom. The maximum absolute atomic E-state index is 11.6. The van der Waals surface area contributed by atoms with Crippen LogP contribution in [0.25, 0.3) is 0 Å². The highest BCUT2D eigenvalue weighted by molar-refractivity contribution is 6.30. The molecule has 1 aromatic rings. The predicted molar refractivity (Wildman–Crippen MR) is 71.9 cm³/mol. The fraction of sp³-hybridized carbons (Fsp3) is 0.286. The van der Waals surface area contributed by atoms with Gasteiger partial charge in [0.1, 0.15) is 6.26 Å². The molecule has 0 spiro atoms. The van der Waals surface area contributed by atoms with Crippen molar-refractivity contribution in [2.24, 2.45) is 0 Å². The lowest BCUT2D eigenvalue weighted by molar-refractivity contribution is -0.137. The Balaban J connectivity index is 2.39. The Labute approximate surface area is 117 Å². The Kier molecular flexibility index (Phi) is 6.68. The second-order valence-corrected chi connectivity index (χ2v) is 4.18. The van der Waals surface area contributed by atoms with Crippen molar-refractivity contribution in [1.82, 2.24) is 0 Å². The van der Waals surface area contributed by atoms with Crippen LogP contribution in [0.3, 0.4) is 0 Å². The second kappa shape index (κ2) is 8.32. The summed E-state index contributed by atoms with van der Waals surface area (Å²) >= 11 is 5.74. The summed E-state index contributed by atoms with van der Waals surface area (Å²) in [6, 6.07) is 6.35. The normalized spacial score (nSPS) is 10.4. The van der Waals surface area contributed by atoms with Gasteiger partial charge >= 0.3 is 11.9 Å². The first-order chi connectivity index (χ1) is 9.13. The van der Waals surface area contributed by atoms with Crippen molar-refractivity contribution in [2.45, 2.75) is 19.8 Å². The van der Waals surface area contributed by atoms with E-state index in [1.807, 2.05) is 6.92 Å². The number of benzene rings is 1. The highest BCUT2D eigenvalue weighted by atomic mass is 35.5. The van der Waals surface area contributed by atoms with Crippen LogP contribution in [-0.4, -0.2) is 18.5 Å². The number of rotatable bonds is 6. The molecule has 4 nitrogen and oxygen atoms in total. The van der Waals surface area contributed by atoms with Crippen LogP contribution in [0.15, 0.2) is 36.6 Å². The highest BCUT2D eigenvalue weighted by Gasteiger charge is 2.06. The summed E-state index contributed by atoms with van der Waals surface area (Å²) in [6.45, 7) is 2.36. The average molecular weight is 283 g/mol. The van der Waals surface area contributed by atoms with E-state index in [0.29, 0.717) is 17.2 Å². The van der Waals surface area contributed by atoms with E-state index in [0.717, 1.165) is 25.2 Å². The van der Waals surface area contributed by atoms with Gasteiger partial charge in [-0.2, -0.15) is 0 Å². The summed E-state index contributed by atoms with van der Waals surface area (Å²) < 4.78 is 9.63. The molecule has 0 saturated heterocycles. The lowest BCUT2D eigenvalue weighted by Crippen LogP contribution is -2.04. The number of unbranched alkanes of at least 4 members (excludes halogenated alkanes) is 1. The maximum atomic E-state index is 11.6. The molecule has 0 aliphatic heterocycles. The van der Waals surface area contributed by atoms with Gasteiger partial charge in [-0.3, -0.25) is 0 Å². The summed E-state index contributed by atoms with van der Waals surface area (Å²) in [4.78, 5) is 22.7. The third-order valence-corrected chi connectivity index (χ3v) is 2.42. The van der Waals surface area contributed by atoms with Crippen LogP contribution in [0.5, 0.6) is 0 Å². The van der Waals surface area contributed by atoms with Gasteiger partial charge in [-0.25, -0.2) is 9.59 Å². The van der Waals surface area contributed by atoms with E-state index >= 15 is 0 Å². The molecule has 1 aromatic carbocycles. The van der Waals surface area contributed by atoms with Crippen molar-refractivity contribution in [3.05, 3.63) is 47.2 Å². The van der Waals surface area contributed by atoms with E-state index in [4.69, 9.17) is 21.1 Å². The van der Waals surface area contributed by atoms with Crippen molar-refractivity contribution in [3.63, 3.8) is 0 Å². The quantitative estimate of drug-likeness (QED) is 0.347. The Morgan fingerprint density at radius 1 is 1.37 bits per heavy atom.